The normalized spacial score (nSPS) is 11.8. The van der Waals surface area contributed by atoms with Gasteiger partial charge in [-0.05, 0) is 43.5 Å². The zero-order valence-electron chi connectivity index (χ0n) is 17.7. The third-order valence-electron chi connectivity index (χ3n) is 4.57. The van der Waals surface area contributed by atoms with Gasteiger partial charge in [0.1, 0.15) is 11.8 Å². The van der Waals surface area contributed by atoms with Crippen molar-refractivity contribution in [3.8, 4) is 5.75 Å². The van der Waals surface area contributed by atoms with Crippen molar-refractivity contribution < 1.29 is 14.3 Å². The summed E-state index contributed by atoms with van der Waals surface area (Å²) in [6.07, 6.45) is 0. The highest BCUT2D eigenvalue weighted by molar-refractivity contribution is 9.10. The number of nitrogens with one attached hydrogen (secondary N) is 1. The number of hydrogen-bond acceptors (Lipinski definition) is 3. The lowest BCUT2D eigenvalue weighted by molar-refractivity contribution is -0.142. The number of benzene rings is 2. The van der Waals surface area contributed by atoms with Crippen molar-refractivity contribution in [1.82, 2.24) is 10.2 Å². The highest BCUT2D eigenvalue weighted by atomic mass is 79.9. The second-order valence-corrected chi connectivity index (χ2v) is 9.01. The molecule has 0 saturated carbocycles. The van der Waals surface area contributed by atoms with Crippen LogP contribution >= 0.6 is 27.5 Å². The van der Waals surface area contributed by atoms with Crippen molar-refractivity contribution >= 4 is 39.3 Å². The number of hydrogen-bond donors (Lipinski definition) is 1. The van der Waals surface area contributed by atoms with Gasteiger partial charge in [0.25, 0.3) is 5.91 Å². The van der Waals surface area contributed by atoms with E-state index < -0.39 is 6.04 Å². The van der Waals surface area contributed by atoms with E-state index in [1.54, 1.807) is 25.1 Å². The molecule has 2 amide bonds. The summed E-state index contributed by atoms with van der Waals surface area (Å²) >= 11 is 9.52. The third kappa shape index (κ3) is 7.33. The fourth-order valence-electron chi connectivity index (χ4n) is 2.74. The molecule has 0 radical (unpaired) electrons. The summed E-state index contributed by atoms with van der Waals surface area (Å²) in [5.41, 5.74) is 2.08. The molecule has 0 aliphatic heterocycles. The monoisotopic (exact) mass is 494 g/mol. The lowest BCUT2D eigenvalue weighted by Gasteiger charge is -2.29. The largest absolute Gasteiger partial charge is 0.482 e. The van der Waals surface area contributed by atoms with Gasteiger partial charge in [0.05, 0.1) is 5.02 Å². The Bertz CT molecular complexity index is 871. The molecule has 0 heterocycles. The van der Waals surface area contributed by atoms with E-state index in [1.165, 1.54) is 4.90 Å². The molecule has 0 aliphatic rings. The predicted octanol–water partition coefficient (Wildman–Crippen LogP) is 4.98. The van der Waals surface area contributed by atoms with Crippen LogP contribution in [0.1, 0.15) is 31.9 Å². The Morgan fingerprint density at radius 3 is 2.40 bits per heavy atom. The summed E-state index contributed by atoms with van der Waals surface area (Å²) in [4.78, 5) is 27.2. The van der Waals surface area contributed by atoms with Gasteiger partial charge in [-0.15, -0.1) is 0 Å². The molecule has 0 unspecified atom stereocenters. The minimum Gasteiger partial charge on any atom is -0.482 e. The molecular formula is C23H28BrClN2O3. The lowest BCUT2D eigenvalue weighted by Crippen LogP contribution is -2.49. The number of rotatable bonds is 9. The van der Waals surface area contributed by atoms with Gasteiger partial charge in [-0.2, -0.15) is 0 Å². The zero-order chi connectivity index (χ0) is 22.3. The number of carbonyl (C=O) groups excluding carboxylic acids is 2. The summed E-state index contributed by atoms with van der Waals surface area (Å²) < 4.78 is 6.47. The van der Waals surface area contributed by atoms with E-state index in [0.29, 0.717) is 29.8 Å². The number of amides is 2. The average Bonchev–Trinajstić information content (AvgIpc) is 2.70. The summed E-state index contributed by atoms with van der Waals surface area (Å²) in [5.74, 6) is 0.262. The summed E-state index contributed by atoms with van der Waals surface area (Å²) in [6.45, 7) is 8.44. The van der Waals surface area contributed by atoms with Crippen molar-refractivity contribution in [3.05, 3.63) is 63.1 Å². The van der Waals surface area contributed by atoms with Crippen LogP contribution in [0.25, 0.3) is 0 Å². The van der Waals surface area contributed by atoms with E-state index in [-0.39, 0.29) is 18.4 Å². The van der Waals surface area contributed by atoms with E-state index in [9.17, 15) is 9.59 Å². The molecule has 0 saturated heterocycles. The van der Waals surface area contributed by atoms with Gasteiger partial charge in [-0.3, -0.25) is 9.59 Å². The fraction of sp³-hybridized carbons (Fsp3) is 0.391. The fourth-order valence-corrected chi connectivity index (χ4v) is 3.47. The van der Waals surface area contributed by atoms with E-state index in [4.69, 9.17) is 16.3 Å². The number of ether oxygens (including phenoxy) is 1. The maximum atomic E-state index is 13.0. The van der Waals surface area contributed by atoms with E-state index in [1.807, 2.05) is 45.0 Å². The Labute approximate surface area is 191 Å². The number of halogens is 2. The van der Waals surface area contributed by atoms with Gasteiger partial charge in [-0.1, -0.05) is 71.2 Å². The first-order valence-corrected chi connectivity index (χ1v) is 11.0. The second-order valence-electron chi connectivity index (χ2n) is 7.69. The highest BCUT2D eigenvalue weighted by Gasteiger charge is 2.26. The van der Waals surface area contributed by atoms with E-state index in [2.05, 4.69) is 21.2 Å². The molecule has 0 aromatic heterocycles. The van der Waals surface area contributed by atoms with Gasteiger partial charge in [-0.25, -0.2) is 0 Å². The van der Waals surface area contributed by atoms with E-state index in [0.717, 1.165) is 15.6 Å². The van der Waals surface area contributed by atoms with Gasteiger partial charge >= 0.3 is 0 Å². The minimum atomic E-state index is -0.637. The molecule has 7 heteroatoms. The Balaban J connectivity index is 2.14. The topological polar surface area (TPSA) is 58.6 Å². The molecule has 0 aliphatic carbocycles. The first-order valence-electron chi connectivity index (χ1n) is 9.88. The minimum absolute atomic E-state index is 0.189. The molecule has 162 valence electrons. The van der Waals surface area contributed by atoms with Crippen LogP contribution in [0.15, 0.2) is 46.9 Å². The Kier molecular flexibility index (Phi) is 9.18. The molecule has 2 aromatic carbocycles. The molecule has 0 spiro atoms. The predicted molar refractivity (Wildman–Crippen MR) is 124 cm³/mol. The Morgan fingerprint density at radius 1 is 1.13 bits per heavy atom. The van der Waals surface area contributed by atoms with Crippen LogP contribution in [-0.2, 0) is 16.1 Å². The zero-order valence-corrected chi connectivity index (χ0v) is 20.1. The smallest absolute Gasteiger partial charge is 0.261 e. The van der Waals surface area contributed by atoms with Crippen molar-refractivity contribution in [2.75, 3.05) is 13.2 Å². The van der Waals surface area contributed by atoms with Gasteiger partial charge in [0, 0.05) is 17.6 Å². The quantitative estimate of drug-likeness (QED) is 0.534. The standard InChI is InChI=1S/C23H28BrClN2O3/c1-15(2)12-26-23(29)17(4)27(13-18-7-5-16(3)6-8-18)22(28)14-30-21-10-9-19(24)11-20(21)25/h5-11,15,17H,12-14H2,1-4H3,(H,26,29)/t17-/m0/s1. The van der Waals surface area contributed by atoms with Gasteiger partial charge in [0.2, 0.25) is 5.91 Å². The van der Waals surface area contributed by atoms with Crippen molar-refractivity contribution in [2.45, 2.75) is 40.3 Å². The molecule has 30 heavy (non-hydrogen) atoms. The van der Waals surface area contributed by atoms with Crippen molar-refractivity contribution in [3.63, 3.8) is 0 Å². The van der Waals surface area contributed by atoms with Gasteiger partial charge < -0.3 is 15.0 Å². The molecular weight excluding hydrogens is 468 g/mol. The lowest BCUT2D eigenvalue weighted by atomic mass is 10.1. The molecule has 2 aromatic rings. The molecule has 1 N–H and O–H groups in total. The summed E-state index contributed by atoms with van der Waals surface area (Å²) in [7, 11) is 0. The van der Waals surface area contributed by atoms with Gasteiger partial charge in [0.15, 0.2) is 6.61 Å². The maximum Gasteiger partial charge on any atom is 0.261 e. The molecule has 1 atom stereocenters. The molecule has 5 nitrogen and oxygen atoms in total. The van der Waals surface area contributed by atoms with Crippen LogP contribution in [0.4, 0.5) is 0 Å². The molecule has 2 rings (SSSR count). The average molecular weight is 496 g/mol. The van der Waals surface area contributed by atoms with Crippen LogP contribution in [0, 0.1) is 12.8 Å². The van der Waals surface area contributed by atoms with Crippen molar-refractivity contribution in [1.29, 1.82) is 0 Å². The number of aryl methyl sites for hydroxylation is 1. The van der Waals surface area contributed by atoms with Crippen molar-refractivity contribution in [2.24, 2.45) is 5.92 Å². The van der Waals surface area contributed by atoms with Crippen LogP contribution in [-0.4, -0.2) is 35.9 Å². The maximum absolute atomic E-state index is 13.0. The number of carbonyl (C=O) groups is 2. The third-order valence-corrected chi connectivity index (χ3v) is 5.36. The van der Waals surface area contributed by atoms with Crippen LogP contribution in [0.3, 0.4) is 0 Å². The Hall–Kier alpha value is -2.05. The SMILES string of the molecule is Cc1ccc(CN(C(=O)COc2ccc(Br)cc2Cl)[C@@H](C)C(=O)NCC(C)C)cc1. The Morgan fingerprint density at radius 2 is 1.80 bits per heavy atom. The molecule has 0 fully saturated rings. The summed E-state index contributed by atoms with van der Waals surface area (Å²) in [5, 5.41) is 3.31. The highest BCUT2D eigenvalue weighted by Crippen LogP contribution is 2.27. The first-order chi connectivity index (χ1) is 14.2. The van der Waals surface area contributed by atoms with E-state index >= 15 is 0 Å². The summed E-state index contributed by atoms with van der Waals surface area (Å²) in [6, 6.07) is 12.4. The first kappa shape index (κ1) is 24.2. The van der Waals surface area contributed by atoms with Crippen LogP contribution in [0.5, 0.6) is 5.75 Å². The molecule has 0 bridgehead atoms. The van der Waals surface area contributed by atoms with Crippen LogP contribution in [0.2, 0.25) is 5.02 Å². The number of nitrogens with zero attached hydrogens (tertiary/aromatic N) is 1. The van der Waals surface area contributed by atoms with Crippen LogP contribution < -0.4 is 10.1 Å². The second kappa shape index (κ2) is 11.4.